The van der Waals surface area contributed by atoms with E-state index in [0.29, 0.717) is 0 Å². The Morgan fingerprint density at radius 2 is 1.35 bits per heavy atom. The molecule has 0 saturated carbocycles. The molecule has 0 aliphatic rings. The molecule has 98 valence electrons. The molecule has 0 heterocycles. The van der Waals surface area contributed by atoms with Crippen LogP contribution in [-0.4, -0.2) is 12.3 Å². The molecule has 0 unspecified atom stereocenters. The fraction of sp³-hybridized carbons (Fsp3) is 0.571. The summed E-state index contributed by atoms with van der Waals surface area (Å²) < 4.78 is 0. The van der Waals surface area contributed by atoms with E-state index in [2.05, 4.69) is 26.0 Å². The Kier molecular flexibility index (Phi) is 5.77. The maximum absolute atomic E-state index is 6.97. The first kappa shape index (κ1) is 15.3. The van der Waals surface area contributed by atoms with Crippen molar-refractivity contribution >= 4 is 33.1 Å². The van der Waals surface area contributed by atoms with Crippen LogP contribution >= 0.6 is 27.8 Å². The number of halogens is 2. The average molecular weight is 293 g/mol. The third-order valence-electron chi connectivity index (χ3n) is 3.22. The van der Waals surface area contributed by atoms with Gasteiger partial charge < -0.3 is 0 Å². The van der Waals surface area contributed by atoms with Crippen LogP contribution in [0, 0.1) is 0 Å². The van der Waals surface area contributed by atoms with Crippen LogP contribution in [0.2, 0.25) is 0 Å². The summed E-state index contributed by atoms with van der Waals surface area (Å²) in [5.41, 5.74) is 0. The number of hydrogen-bond donors (Lipinski definition) is 0. The topological polar surface area (TPSA) is 0 Å². The SMILES string of the molecule is CCCCP(Cl)(Cl)(CCCC)c1ccccc1. The summed E-state index contributed by atoms with van der Waals surface area (Å²) in [7, 11) is 0. The Hall–Kier alpha value is 0.230. The van der Waals surface area contributed by atoms with Gasteiger partial charge in [-0.1, -0.05) is 0 Å². The van der Waals surface area contributed by atoms with Gasteiger partial charge in [-0.2, -0.15) is 0 Å². The molecule has 0 aliphatic carbocycles. The van der Waals surface area contributed by atoms with Gasteiger partial charge in [-0.15, -0.1) is 0 Å². The fourth-order valence-corrected chi connectivity index (χ4v) is 7.60. The van der Waals surface area contributed by atoms with Gasteiger partial charge in [-0.3, -0.25) is 0 Å². The van der Waals surface area contributed by atoms with Gasteiger partial charge >= 0.3 is 115 Å². The summed E-state index contributed by atoms with van der Waals surface area (Å²) in [4.78, 5) is 0. The number of rotatable bonds is 7. The molecule has 1 aromatic rings. The fourth-order valence-electron chi connectivity index (χ4n) is 2.06. The third kappa shape index (κ3) is 4.12. The molecule has 3 heteroatoms. The van der Waals surface area contributed by atoms with Crippen molar-refractivity contribution in [1.82, 2.24) is 0 Å². The second-order valence-corrected chi connectivity index (χ2v) is 14.1. The summed E-state index contributed by atoms with van der Waals surface area (Å²) in [6, 6.07) is 10.3. The molecular formula is C14H23Cl2P. The van der Waals surface area contributed by atoms with Crippen LogP contribution in [0.4, 0.5) is 0 Å². The zero-order valence-corrected chi connectivity index (χ0v) is 13.2. The molecule has 0 aromatic heterocycles. The van der Waals surface area contributed by atoms with Crippen LogP contribution < -0.4 is 5.30 Å². The molecule has 0 N–H and O–H groups in total. The first-order valence-electron chi connectivity index (χ1n) is 6.52. The van der Waals surface area contributed by atoms with Crippen LogP contribution in [0.15, 0.2) is 30.3 Å². The zero-order chi connectivity index (χ0) is 12.8. The van der Waals surface area contributed by atoms with Crippen LogP contribution in [0.3, 0.4) is 0 Å². The van der Waals surface area contributed by atoms with Gasteiger partial charge in [0.2, 0.25) is 0 Å². The standard InChI is InChI=1S/C14H23Cl2P/c1-3-5-12-17(15,16,13-6-4-2)14-10-8-7-9-11-14/h7-11H,3-6,12-13H2,1-2H3. The summed E-state index contributed by atoms with van der Waals surface area (Å²) in [5, 5.41) is -1.53. The van der Waals surface area contributed by atoms with Crippen LogP contribution in [0.5, 0.6) is 0 Å². The van der Waals surface area contributed by atoms with Crippen molar-refractivity contribution in [2.75, 3.05) is 12.3 Å². The van der Waals surface area contributed by atoms with E-state index in [9.17, 15) is 0 Å². The molecule has 0 fully saturated rings. The van der Waals surface area contributed by atoms with Gasteiger partial charge in [0.25, 0.3) is 0 Å². The predicted octanol–water partition coefficient (Wildman–Crippen LogP) is 5.77. The average Bonchev–Trinajstić information content (AvgIpc) is 2.36. The predicted molar refractivity (Wildman–Crippen MR) is 84.3 cm³/mol. The number of hydrogen-bond acceptors (Lipinski definition) is 0. The molecule has 0 saturated heterocycles. The minimum absolute atomic E-state index is 0.954. The van der Waals surface area contributed by atoms with E-state index >= 15 is 0 Å². The first-order valence-corrected chi connectivity index (χ1v) is 10.9. The van der Waals surface area contributed by atoms with E-state index in [1.165, 1.54) is 5.30 Å². The van der Waals surface area contributed by atoms with Crippen molar-refractivity contribution < 1.29 is 0 Å². The molecule has 0 radical (unpaired) electrons. The first-order chi connectivity index (χ1) is 8.02. The Bertz CT molecular complexity index is 323. The van der Waals surface area contributed by atoms with E-state index in [1.807, 2.05) is 18.2 Å². The summed E-state index contributed by atoms with van der Waals surface area (Å²) in [5.74, 6) is 0. The van der Waals surface area contributed by atoms with Crippen molar-refractivity contribution in [1.29, 1.82) is 0 Å². The summed E-state index contributed by atoms with van der Waals surface area (Å²) >= 11 is 13.9. The Morgan fingerprint density at radius 3 is 1.76 bits per heavy atom. The van der Waals surface area contributed by atoms with Gasteiger partial charge in [0.1, 0.15) is 0 Å². The van der Waals surface area contributed by atoms with E-state index in [1.54, 1.807) is 0 Å². The van der Waals surface area contributed by atoms with E-state index in [0.717, 1.165) is 38.0 Å². The summed E-state index contributed by atoms with van der Waals surface area (Å²) in [6.45, 7) is 4.38. The molecule has 0 amide bonds. The van der Waals surface area contributed by atoms with Crippen LogP contribution in [-0.2, 0) is 0 Å². The normalized spacial score (nSPS) is 14.2. The van der Waals surface area contributed by atoms with Crippen molar-refractivity contribution in [3.63, 3.8) is 0 Å². The van der Waals surface area contributed by atoms with Crippen LogP contribution in [0.25, 0.3) is 0 Å². The molecule has 1 aromatic carbocycles. The minimum atomic E-state index is -2.70. The van der Waals surface area contributed by atoms with Crippen molar-refractivity contribution in [3.8, 4) is 0 Å². The molecular weight excluding hydrogens is 270 g/mol. The zero-order valence-electron chi connectivity index (χ0n) is 10.8. The van der Waals surface area contributed by atoms with Gasteiger partial charge in [0.15, 0.2) is 0 Å². The van der Waals surface area contributed by atoms with E-state index < -0.39 is 5.31 Å². The number of benzene rings is 1. The van der Waals surface area contributed by atoms with E-state index in [-0.39, 0.29) is 0 Å². The van der Waals surface area contributed by atoms with Gasteiger partial charge in [-0.25, -0.2) is 0 Å². The monoisotopic (exact) mass is 292 g/mol. The third-order valence-corrected chi connectivity index (χ3v) is 10.2. The van der Waals surface area contributed by atoms with E-state index in [4.69, 9.17) is 22.5 Å². The van der Waals surface area contributed by atoms with Crippen molar-refractivity contribution in [2.24, 2.45) is 0 Å². The summed E-state index contributed by atoms with van der Waals surface area (Å²) in [6.07, 6.45) is 6.43. The van der Waals surface area contributed by atoms with Gasteiger partial charge in [0.05, 0.1) is 0 Å². The molecule has 0 atom stereocenters. The van der Waals surface area contributed by atoms with Crippen molar-refractivity contribution in [2.45, 2.75) is 39.5 Å². The Balaban J connectivity index is 3.00. The van der Waals surface area contributed by atoms with Gasteiger partial charge in [-0.05, 0) is 0 Å². The molecule has 0 nitrogen and oxygen atoms in total. The number of unbranched alkanes of at least 4 members (excludes halogenated alkanes) is 2. The maximum atomic E-state index is 6.97. The molecule has 0 spiro atoms. The molecule has 0 aliphatic heterocycles. The Labute approximate surface area is 115 Å². The van der Waals surface area contributed by atoms with Crippen LogP contribution in [0.1, 0.15) is 39.5 Å². The molecule has 1 rings (SSSR count). The second-order valence-electron chi connectivity index (χ2n) is 4.74. The quantitative estimate of drug-likeness (QED) is 0.559. The molecule has 0 bridgehead atoms. The van der Waals surface area contributed by atoms with Crippen molar-refractivity contribution in [3.05, 3.63) is 30.3 Å². The second kappa shape index (κ2) is 6.41. The van der Waals surface area contributed by atoms with Gasteiger partial charge in [0, 0.05) is 0 Å². The molecule has 17 heavy (non-hydrogen) atoms. The Morgan fingerprint density at radius 1 is 0.882 bits per heavy atom.